The van der Waals surface area contributed by atoms with Crippen LogP contribution in [-0.2, 0) is 9.53 Å². The van der Waals surface area contributed by atoms with Gasteiger partial charge in [-0.1, -0.05) is 60.7 Å². The van der Waals surface area contributed by atoms with Crippen molar-refractivity contribution in [3.8, 4) is 11.5 Å². The van der Waals surface area contributed by atoms with Gasteiger partial charge in [-0.25, -0.2) is 9.79 Å². The molecule has 1 aromatic heterocycles. The summed E-state index contributed by atoms with van der Waals surface area (Å²) < 4.78 is 19.0. The number of esters is 1. The Labute approximate surface area is 224 Å². The molecule has 2 aliphatic rings. The molecule has 5 rings (SSSR count). The van der Waals surface area contributed by atoms with Crippen LogP contribution < -0.4 is 34.8 Å². The summed E-state index contributed by atoms with van der Waals surface area (Å²) in [5.74, 6) is 0.488. The van der Waals surface area contributed by atoms with Crippen molar-refractivity contribution in [2.75, 3.05) is 20.8 Å². The number of thiazole rings is 1. The largest absolute Gasteiger partial charge is 0.493 e. The number of nitrogens with zero attached hydrogens (tertiary/aromatic N) is 2. The van der Waals surface area contributed by atoms with Gasteiger partial charge in [0.05, 0.1) is 36.6 Å². The highest BCUT2D eigenvalue weighted by Gasteiger charge is 2.35. The van der Waals surface area contributed by atoms with Gasteiger partial charge in [0.25, 0.3) is 5.56 Å². The number of aromatic nitrogens is 1. The number of benzene rings is 2. The maximum Gasteiger partial charge on any atom is 0.338 e. The minimum Gasteiger partial charge on any atom is -0.493 e. The van der Waals surface area contributed by atoms with E-state index in [1.807, 2.05) is 37.3 Å². The second kappa shape index (κ2) is 10.8. The van der Waals surface area contributed by atoms with Crippen LogP contribution in [0.5, 0.6) is 11.5 Å². The zero-order chi connectivity index (χ0) is 26.8. The van der Waals surface area contributed by atoms with Crippen LogP contribution in [0.3, 0.4) is 0 Å². The predicted octanol–water partition coefficient (Wildman–Crippen LogP) is 2.58. The lowest BCUT2D eigenvalue weighted by molar-refractivity contribution is -0.136. The van der Waals surface area contributed by atoms with E-state index in [1.54, 1.807) is 24.7 Å². The van der Waals surface area contributed by atoms with Crippen molar-refractivity contribution in [1.29, 1.82) is 0 Å². The average Bonchev–Trinajstić information content (AvgIpc) is 3.24. The van der Waals surface area contributed by atoms with Gasteiger partial charge in [-0.2, -0.15) is 0 Å². The van der Waals surface area contributed by atoms with Crippen molar-refractivity contribution in [1.82, 2.24) is 4.57 Å². The van der Waals surface area contributed by atoms with E-state index in [4.69, 9.17) is 14.2 Å². The quantitative estimate of drug-likeness (QED) is 0.439. The molecule has 0 bridgehead atoms. The monoisotopic (exact) mass is 530 g/mol. The molecule has 0 amide bonds. The molecule has 1 atom stereocenters. The van der Waals surface area contributed by atoms with Crippen LogP contribution in [0.4, 0.5) is 0 Å². The number of methoxy groups -OCH3 is 2. The van der Waals surface area contributed by atoms with E-state index in [0.29, 0.717) is 44.3 Å². The lowest BCUT2D eigenvalue weighted by Gasteiger charge is -2.26. The molecular weight excluding hydrogens is 500 g/mol. The summed E-state index contributed by atoms with van der Waals surface area (Å²) in [7, 11) is 2.90. The zero-order valence-electron chi connectivity index (χ0n) is 21.9. The lowest BCUT2D eigenvalue weighted by atomic mass is 9.94. The summed E-state index contributed by atoms with van der Waals surface area (Å²) in [6.07, 6.45) is 6.75. The maximum absolute atomic E-state index is 14.0. The topological polar surface area (TPSA) is 79.1 Å². The van der Waals surface area contributed by atoms with Gasteiger partial charge >= 0.3 is 5.97 Å². The summed E-state index contributed by atoms with van der Waals surface area (Å²) in [5.41, 5.74) is 2.35. The van der Waals surface area contributed by atoms with E-state index < -0.39 is 12.0 Å². The Kier molecular flexibility index (Phi) is 7.33. The highest BCUT2D eigenvalue weighted by molar-refractivity contribution is 7.07. The fraction of sp³-hybridized carbons (Fsp3) is 0.300. The van der Waals surface area contributed by atoms with Gasteiger partial charge in [0.1, 0.15) is 6.04 Å². The SMILES string of the molecule is CCCOc1c(OC)cccc1C1C(C(=O)OC)=C(C)N=c2s/c(=C\C3=c4ccccc4=CCC3)c(=O)n21. The van der Waals surface area contributed by atoms with Gasteiger partial charge in [0, 0.05) is 5.56 Å². The molecule has 1 aliphatic heterocycles. The standard InChI is InChI=1S/C30H30N2O5S/c1-5-16-37-27-22(14-9-15-23(27)35-3)26-25(29(34)36-4)18(2)31-30-32(26)28(33)24(38-30)17-20-12-8-11-19-10-6-7-13-21(19)20/h6-7,9-11,13-15,17,26H,5,8,12,16H2,1-4H3/b24-17-. The molecule has 0 saturated carbocycles. The molecule has 2 aromatic carbocycles. The van der Waals surface area contributed by atoms with Gasteiger partial charge in [-0.05, 0) is 54.3 Å². The highest BCUT2D eigenvalue weighted by Crippen LogP contribution is 2.40. The number of ether oxygens (including phenoxy) is 3. The Morgan fingerprint density at radius 2 is 2.00 bits per heavy atom. The Morgan fingerprint density at radius 3 is 2.76 bits per heavy atom. The number of para-hydroxylation sites is 1. The molecule has 3 aromatic rings. The first-order valence-electron chi connectivity index (χ1n) is 12.7. The third-order valence-electron chi connectivity index (χ3n) is 6.79. The predicted molar refractivity (Wildman–Crippen MR) is 148 cm³/mol. The molecule has 2 heterocycles. The number of hydrogen-bond donors (Lipinski definition) is 0. The van der Waals surface area contributed by atoms with Crippen LogP contribution in [0.1, 0.15) is 44.7 Å². The van der Waals surface area contributed by atoms with E-state index in [9.17, 15) is 9.59 Å². The normalized spacial score (nSPS) is 16.8. The van der Waals surface area contributed by atoms with Gasteiger partial charge < -0.3 is 14.2 Å². The fourth-order valence-corrected chi connectivity index (χ4v) is 6.10. The Morgan fingerprint density at radius 1 is 1.18 bits per heavy atom. The molecule has 1 unspecified atom stereocenters. The smallest absolute Gasteiger partial charge is 0.338 e. The number of hydrogen-bond acceptors (Lipinski definition) is 7. The minimum absolute atomic E-state index is 0.212. The second-order valence-electron chi connectivity index (χ2n) is 9.16. The molecule has 0 saturated heterocycles. The second-order valence-corrected chi connectivity index (χ2v) is 10.2. The van der Waals surface area contributed by atoms with Gasteiger partial charge in [0.15, 0.2) is 16.3 Å². The van der Waals surface area contributed by atoms with E-state index in [2.05, 4.69) is 23.2 Å². The van der Waals surface area contributed by atoms with Crippen LogP contribution in [0.25, 0.3) is 17.7 Å². The molecule has 0 radical (unpaired) electrons. The third-order valence-corrected chi connectivity index (χ3v) is 7.77. The first-order valence-corrected chi connectivity index (χ1v) is 13.5. The Bertz CT molecular complexity index is 1750. The van der Waals surface area contributed by atoms with Crippen molar-refractivity contribution >= 4 is 35.0 Å². The zero-order valence-corrected chi connectivity index (χ0v) is 22.8. The van der Waals surface area contributed by atoms with Crippen molar-refractivity contribution < 1.29 is 19.0 Å². The molecule has 1 aliphatic carbocycles. The highest BCUT2D eigenvalue weighted by atomic mass is 32.1. The molecule has 8 heteroatoms. The van der Waals surface area contributed by atoms with Crippen LogP contribution in [0, 0.1) is 0 Å². The van der Waals surface area contributed by atoms with E-state index in [0.717, 1.165) is 30.1 Å². The molecule has 7 nitrogen and oxygen atoms in total. The van der Waals surface area contributed by atoms with Crippen molar-refractivity contribution in [3.05, 3.63) is 89.4 Å². The van der Waals surface area contributed by atoms with E-state index >= 15 is 0 Å². The first-order chi connectivity index (χ1) is 18.5. The maximum atomic E-state index is 14.0. The molecule has 196 valence electrons. The Hall–Kier alpha value is -3.91. The third kappa shape index (κ3) is 4.49. The first kappa shape index (κ1) is 25.7. The molecular formula is C30H30N2O5S. The molecule has 38 heavy (non-hydrogen) atoms. The summed E-state index contributed by atoms with van der Waals surface area (Å²) in [6, 6.07) is 12.9. The molecule has 0 fully saturated rings. The van der Waals surface area contributed by atoms with Crippen LogP contribution in [0.15, 0.2) is 63.5 Å². The number of allylic oxidation sites excluding steroid dienone is 1. The van der Waals surface area contributed by atoms with E-state index in [-0.39, 0.29) is 5.56 Å². The molecule has 0 N–H and O–H groups in total. The van der Waals surface area contributed by atoms with Crippen molar-refractivity contribution in [3.63, 3.8) is 0 Å². The number of carbonyl (C=O) groups is 1. The summed E-state index contributed by atoms with van der Waals surface area (Å²) in [6.45, 7) is 4.24. The number of carbonyl (C=O) groups excluding carboxylic acids is 1. The van der Waals surface area contributed by atoms with Crippen LogP contribution in [0.2, 0.25) is 0 Å². The Balaban J connectivity index is 1.79. The fourth-order valence-electron chi connectivity index (χ4n) is 5.05. The number of rotatable bonds is 7. The van der Waals surface area contributed by atoms with Gasteiger partial charge in [0.2, 0.25) is 0 Å². The van der Waals surface area contributed by atoms with Crippen LogP contribution >= 0.6 is 11.3 Å². The summed E-state index contributed by atoms with van der Waals surface area (Å²) in [4.78, 5) is 32.3. The summed E-state index contributed by atoms with van der Waals surface area (Å²) >= 11 is 1.33. The summed E-state index contributed by atoms with van der Waals surface area (Å²) in [5, 5.41) is 2.31. The van der Waals surface area contributed by atoms with Gasteiger partial charge in [-0.15, -0.1) is 0 Å². The average molecular weight is 531 g/mol. The van der Waals surface area contributed by atoms with Gasteiger partial charge in [-0.3, -0.25) is 9.36 Å². The van der Waals surface area contributed by atoms with E-state index in [1.165, 1.54) is 23.7 Å². The minimum atomic E-state index is -0.778. The van der Waals surface area contributed by atoms with Crippen LogP contribution in [-0.4, -0.2) is 31.4 Å². The lowest BCUT2D eigenvalue weighted by Crippen LogP contribution is -2.40. The van der Waals surface area contributed by atoms with Crippen molar-refractivity contribution in [2.45, 2.75) is 39.2 Å². The van der Waals surface area contributed by atoms with Crippen molar-refractivity contribution in [2.24, 2.45) is 4.99 Å². The molecule has 0 spiro atoms. The number of fused-ring (bicyclic) bond motifs is 2.